The number of hydrogen-bond acceptors (Lipinski definition) is 2. The summed E-state index contributed by atoms with van der Waals surface area (Å²) in [6, 6.07) is 7.33. The van der Waals surface area contributed by atoms with Crippen LogP contribution in [0.2, 0.25) is 0 Å². The highest BCUT2D eigenvalue weighted by atomic mass is 16.2. The minimum absolute atomic E-state index is 0.102. The highest BCUT2D eigenvalue weighted by Gasteiger charge is 1.98. The zero-order valence-corrected chi connectivity index (χ0v) is 11.1. The van der Waals surface area contributed by atoms with Crippen LogP contribution in [0, 0.1) is 0 Å². The predicted octanol–water partition coefficient (Wildman–Crippen LogP) is 2.39. The number of hydrogen-bond donors (Lipinski definition) is 2. The number of carbonyl (C=O) groups is 2. The molecule has 0 unspecified atom stereocenters. The van der Waals surface area contributed by atoms with Gasteiger partial charge in [0.25, 0.3) is 0 Å². The van der Waals surface area contributed by atoms with E-state index in [-0.39, 0.29) is 11.8 Å². The van der Waals surface area contributed by atoms with Crippen LogP contribution in [-0.4, -0.2) is 11.8 Å². The lowest BCUT2D eigenvalue weighted by atomic mass is 10.2. The molecule has 0 radical (unpaired) electrons. The maximum absolute atomic E-state index is 11.4. The number of carbonyl (C=O) groups excluding carboxylic acids is 2. The number of amides is 2. The summed E-state index contributed by atoms with van der Waals surface area (Å²) in [5, 5.41) is 5.46. The Labute approximate surface area is 113 Å². The van der Waals surface area contributed by atoms with Crippen LogP contribution in [0.1, 0.15) is 19.4 Å². The van der Waals surface area contributed by atoms with Crippen LogP contribution in [0.15, 0.2) is 48.6 Å². The quantitative estimate of drug-likeness (QED) is 0.629. The molecule has 4 nitrogen and oxygen atoms in total. The van der Waals surface area contributed by atoms with Gasteiger partial charge in [-0.3, -0.25) is 9.59 Å². The molecule has 0 fully saturated rings. The highest BCUT2D eigenvalue weighted by molar-refractivity contribution is 5.88. The zero-order chi connectivity index (χ0) is 14.1. The molecule has 1 aromatic carbocycles. The number of allylic oxidation sites excluding steroid dienone is 3. The maximum Gasteiger partial charge on any atom is 0.244 e. The van der Waals surface area contributed by atoms with Crippen molar-refractivity contribution >= 4 is 17.5 Å². The molecule has 0 saturated carbocycles. The van der Waals surface area contributed by atoms with E-state index in [1.807, 2.05) is 25.1 Å². The van der Waals surface area contributed by atoms with Crippen LogP contribution < -0.4 is 10.6 Å². The first-order valence-electron chi connectivity index (χ1n) is 6.05. The third-order valence-corrected chi connectivity index (χ3v) is 2.29. The molecule has 1 aromatic rings. The lowest BCUT2D eigenvalue weighted by Gasteiger charge is -2.05. The summed E-state index contributed by atoms with van der Waals surface area (Å²) in [6.07, 6.45) is 6.81. The molecule has 4 heteroatoms. The van der Waals surface area contributed by atoms with Gasteiger partial charge in [-0.1, -0.05) is 30.4 Å². The minimum atomic E-state index is -0.135. The normalized spacial score (nSPS) is 10.8. The van der Waals surface area contributed by atoms with Gasteiger partial charge in [-0.15, -0.1) is 0 Å². The molecule has 2 amide bonds. The van der Waals surface area contributed by atoms with Gasteiger partial charge in [0.1, 0.15) is 0 Å². The lowest BCUT2D eigenvalue weighted by Crippen LogP contribution is -2.20. The van der Waals surface area contributed by atoms with E-state index in [1.54, 1.807) is 24.3 Å². The van der Waals surface area contributed by atoms with Crippen molar-refractivity contribution in [2.24, 2.45) is 0 Å². The molecule has 2 N–H and O–H groups in total. The highest BCUT2D eigenvalue weighted by Crippen LogP contribution is 2.09. The Kier molecular flexibility index (Phi) is 6.09. The van der Waals surface area contributed by atoms with Crippen molar-refractivity contribution in [3.8, 4) is 0 Å². The van der Waals surface area contributed by atoms with Gasteiger partial charge in [-0.2, -0.15) is 0 Å². The molecule has 0 aliphatic heterocycles. The molecular formula is C15H18N2O2. The van der Waals surface area contributed by atoms with Crippen molar-refractivity contribution in [3.63, 3.8) is 0 Å². The summed E-state index contributed by atoms with van der Waals surface area (Å²) < 4.78 is 0. The standard InChI is InChI=1S/C15H18N2O2/c1-3-4-5-6-15(19)16-11-13-7-9-14(10-8-13)17-12(2)18/h3-10H,11H2,1-2H3,(H,16,19)(H,17,18). The second-order valence-corrected chi connectivity index (χ2v) is 3.98. The Balaban J connectivity index is 2.45. The number of nitrogens with one attached hydrogen (secondary N) is 2. The molecule has 0 bridgehead atoms. The first kappa shape index (κ1) is 14.7. The fourth-order valence-corrected chi connectivity index (χ4v) is 1.41. The van der Waals surface area contributed by atoms with E-state index in [2.05, 4.69) is 10.6 Å². The maximum atomic E-state index is 11.4. The summed E-state index contributed by atoms with van der Waals surface area (Å²) in [5.41, 5.74) is 1.72. The van der Waals surface area contributed by atoms with E-state index >= 15 is 0 Å². The van der Waals surface area contributed by atoms with Gasteiger partial charge in [0.15, 0.2) is 0 Å². The van der Waals surface area contributed by atoms with Crippen LogP contribution in [0.4, 0.5) is 5.69 Å². The summed E-state index contributed by atoms with van der Waals surface area (Å²) in [4.78, 5) is 22.3. The minimum Gasteiger partial charge on any atom is -0.348 e. The number of rotatable bonds is 5. The molecule has 0 aliphatic rings. The molecule has 1 rings (SSSR count). The van der Waals surface area contributed by atoms with Gasteiger partial charge < -0.3 is 10.6 Å². The van der Waals surface area contributed by atoms with Gasteiger partial charge in [0, 0.05) is 25.2 Å². The van der Waals surface area contributed by atoms with Crippen molar-refractivity contribution < 1.29 is 9.59 Å². The van der Waals surface area contributed by atoms with Crippen molar-refractivity contribution in [1.82, 2.24) is 5.32 Å². The van der Waals surface area contributed by atoms with E-state index in [4.69, 9.17) is 0 Å². The Bertz CT molecular complexity index is 487. The molecule has 0 spiro atoms. The largest absolute Gasteiger partial charge is 0.348 e. The Hall–Kier alpha value is -2.36. The van der Waals surface area contributed by atoms with Gasteiger partial charge in [-0.05, 0) is 24.6 Å². The molecule has 19 heavy (non-hydrogen) atoms. The fourth-order valence-electron chi connectivity index (χ4n) is 1.41. The summed E-state index contributed by atoms with van der Waals surface area (Å²) in [7, 11) is 0. The van der Waals surface area contributed by atoms with Gasteiger partial charge in [0.05, 0.1) is 0 Å². The Morgan fingerprint density at radius 2 is 1.84 bits per heavy atom. The van der Waals surface area contributed by atoms with Gasteiger partial charge in [-0.25, -0.2) is 0 Å². The van der Waals surface area contributed by atoms with Crippen molar-refractivity contribution in [2.75, 3.05) is 5.32 Å². The molecule has 0 aromatic heterocycles. The number of benzene rings is 1. The van der Waals surface area contributed by atoms with E-state index < -0.39 is 0 Å². The molecule has 0 heterocycles. The van der Waals surface area contributed by atoms with Crippen molar-refractivity contribution in [2.45, 2.75) is 20.4 Å². The zero-order valence-electron chi connectivity index (χ0n) is 11.1. The number of anilines is 1. The van der Waals surface area contributed by atoms with Gasteiger partial charge in [0.2, 0.25) is 11.8 Å². The first-order chi connectivity index (χ1) is 9.11. The van der Waals surface area contributed by atoms with Crippen molar-refractivity contribution in [1.29, 1.82) is 0 Å². The fraction of sp³-hybridized carbons (Fsp3) is 0.200. The van der Waals surface area contributed by atoms with Crippen LogP contribution in [0.3, 0.4) is 0 Å². The average Bonchev–Trinajstić information content (AvgIpc) is 2.37. The second kappa shape index (κ2) is 7.87. The average molecular weight is 258 g/mol. The Morgan fingerprint density at radius 3 is 2.42 bits per heavy atom. The summed E-state index contributed by atoms with van der Waals surface area (Å²) in [5.74, 6) is -0.237. The third kappa shape index (κ3) is 6.21. The van der Waals surface area contributed by atoms with Gasteiger partial charge >= 0.3 is 0 Å². The van der Waals surface area contributed by atoms with E-state index in [0.717, 1.165) is 11.3 Å². The van der Waals surface area contributed by atoms with Crippen LogP contribution in [0.5, 0.6) is 0 Å². The molecule has 0 atom stereocenters. The molecule has 100 valence electrons. The second-order valence-electron chi connectivity index (χ2n) is 3.98. The Morgan fingerprint density at radius 1 is 1.16 bits per heavy atom. The van der Waals surface area contributed by atoms with E-state index in [9.17, 15) is 9.59 Å². The first-order valence-corrected chi connectivity index (χ1v) is 6.05. The molecular weight excluding hydrogens is 240 g/mol. The summed E-state index contributed by atoms with van der Waals surface area (Å²) >= 11 is 0. The SMILES string of the molecule is CC=CC=CC(=O)NCc1ccc(NC(C)=O)cc1. The predicted molar refractivity (Wildman–Crippen MR) is 76.5 cm³/mol. The van der Waals surface area contributed by atoms with Crippen LogP contribution >= 0.6 is 0 Å². The summed E-state index contributed by atoms with van der Waals surface area (Å²) in [6.45, 7) is 3.81. The van der Waals surface area contributed by atoms with Crippen molar-refractivity contribution in [3.05, 3.63) is 54.1 Å². The smallest absolute Gasteiger partial charge is 0.244 e. The topological polar surface area (TPSA) is 58.2 Å². The molecule has 0 aliphatic carbocycles. The molecule has 0 saturated heterocycles. The van der Waals surface area contributed by atoms with E-state index in [1.165, 1.54) is 13.0 Å². The van der Waals surface area contributed by atoms with Crippen LogP contribution in [-0.2, 0) is 16.1 Å². The monoisotopic (exact) mass is 258 g/mol. The van der Waals surface area contributed by atoms with E-state index in [0.29, 0.717) is 6.54 Å². The van der Waals surface area contributed by atoms with Crippen LogP contribution in [0.25, 0.3) is 0 Å². The third-order valence-electron chi connectivity index (χ3n) is 2.29. The lowest BCUT2D eigenvalue weighted by molar-refractivity contribution is -0.116.